The van der Waals surface area contributed by atoms with Crippen molar-refractivity contribution in [3.63, 3.8) is 0 Å². The number of nitrogens with zero attached hydrogens (tertiary/aromatic N) is 2. The van der Waals surface area contributed by atoms with E-state index in [1.807, 2.05) is 30.5 Å². The number of anilines is 1. The molecule has 28 heavy (non-hydrogen) atoms. The number of hydrogen-bond donors (Lipinski definition) is 1. The molecule has 0 aliphatic carbocycles. The van der Waals surface area contributed by atoms with Crippen molar-refractivity contribution in [3.8, 4) is 5.75 Å². The lowest BCUT2D eigenvalue weighted by Gasteiger charge is -2.35. The first-order chi connectivity index (χ1) is 13.7. The Morgan fingerprint density at radius 1 is 1.11 bits per heavy atom. The molecular weight excluding hydrogens is 350 g/mol. The summed E-state index contributed by atoms with van der Waals surface area (Å²) in [5.41, 5.74) is 4.33. The molecule has 1 fully saturated rings. The van der Waals surface area contributed by atoms with E-state index in [1.54, 1.807) is 7.11 Å². The molecule has 0 bridgehead atoms. The van der Waals surface area contributed by atoms with Crippen LogP contribution in [0.1, 0.15) is 22.8 Å². The average molecular weight is 377 g/mol. The second-order valence-corrected chi connectivity index (χ2v) is 7.28. The van der Waals surface area contributed by atoms with E-state index in [0.717, 1.165) is 54.8 Å². The topological polar surface area (TPSA) is 48.6 Å². The van der Waals surface area contributed by atoms with E-state index in [9.17, 15) is 4.79 Å². The molecule has 146 valence electrons. The number of benzene rings is 2. The van der Waals surface area contributed by atoms with E-state index in [-0.39, 0.29) is 5.78 Å². The Morgan fingerprint density at radius 3 is 2.64 bits per heavy atom. The van der Waals surface area contributed by atoms with Gasteiger partial charge >= 0.3 is 0 Å². The molecule has 0 spiro atoms. The number of fused-ring (bicyclic) bond motifs is 1. The number of methoxy groups -OCH3 is 1. The van der Waals surface area contributed by atoms with Crippen molar-refractivity contribution in [1.29, 1.82) is 0 Å². The van der Waals surface area contributed by atoms with Gasteiger partial charge in [0.05, 0.1) is 13.7 Å². The highest BCUT2D eigenvalue weighted by Crippen LogP contribution is 2.24. The second kappa shape index (κ2) is 8.07. The summed E-state index contributed by atoms with van der Waals surface area (Å²) in [7, 11) is 1.69. The zero-order valence-corrected chi connectivity index (χ0v) is 16.6. The second-order valence-electron chi connectivity index (χ2n) is 7.28. The third-order valence-corrected chi connectivity index (χ3v) is 5.64. The van der Waals surface area contributed by atoms with Crippen LogP contribution in [0, 0.1) is 0 Å². The zero-order valence-electron chi connectivity index (χ0n) is 16.6. The number of H-pyrrole nitrogens is 1. The Labute approximate surface area is 165 Å². The van der Waals surface area contributed by atoms with Crippen LogP contribution in [0.4, 0.5) is 5.69 Å². The number of ether oxygens (including phenoxy) is 1. The van der Waals surface area contributed by atoms with Crippen LogP contribution in [0.5, 0.6) is 5.75 Å². The summed E-state index contributed by atoms with van der Waals surface area (Å²) in [6, 6.07) is 14.4. The Balaban J connectivity index is 1.40. The summed E-state index contributed by atoms with van der Waals surface area (Å²) in [6.07, 6.45) is 2.83. The number of aromatic amines is 1. The standard InChI is InChI=1S/C23H27N3O2/c1-3-17-6-4-9-20-21(15-24-23(17)20)22(27)16-25-10-12-26(13-11-25)18-7-5-8-19(14-18)28-2/h4-9,14-15,24H,3,10-13,16H2,1-2H3. The van der Waals surface area contributed by atoms with Crippen molar-refractivity contribution in [1.82, 2.24) is 9.88 Å². The van der Waals surface area contributed by atoms with Crippen molar-refractivity contribution in [2.75, 3.05) is 44.7 Å². The predicted molar refractivity (Wildman–Crippen MR) is 114 cm³/mol. The number of piperazine rings is 1. The van der Waals surface area contributed by atoms with Gasteiger partial charge in [0.1, 0.15) is 5.75 Å². The number of rotatable bonds is 6. The lowest BCUT2D eigenvalue weighted by Crippen LogP contribution is -2.48. The summed E-state index contributed by atoms with van der Waals surface area (Å²) >= 11 is 0. The molecule has 3 aromatic rings. The molecule has 1 aliphatic heterocycles. The maximum atomic E-state index is 12.9. The zero-order chi connectivity index (χ0) is 19.5. The summed E-state index contributed by atoms with van der Waals surface area (Å²) in [5, 5.41) is 1.04. The number of hydrogen-bond acceptors (Lipinski definition) is 4. The minimum atomic E-state index is 0.189. The summed E-state index contributed by atoms with van der Waals surface area (Å²) in [4.78, 5) is 20.8. The first-order valence-electron chi connectivity index (χ1n) is 9.93. The molecule has 0 unspecified atom stereocenters. The van der Waals surface area contributed by atoms with Crippen molar-refractivity contribution >= 4 is 22.4 Å². The monoisotopic (exact) mass is 377 g/mol. The summed E-state index contributed by atoms with van der Waals surface area (Å²) in [6.45, 7) is 6.19. The van der Waals surface area contributed by atoms with Crippen molar-refractivity contribution in [2.45, 2.75) is 13.3 Å². The molecule has 5 heteroatoms. The van der Waals surface area contributed by atoms with Crippen LogP contribution < -0.4 is 9.64 Å². The van der Waals surface area contributed by atoms with Crippen molar-refractivity contribution < 1.29 is 9.53 Å². The van der Waals surface area contributed by atoms with Gasteiger partial charge in [0.15, 0.2) is 5.78 Å². The predicted octanol–water partition coefficient (Wildman–Crippen LogP) is 3.74. The molecule has 2 aromatic carbocycles. The largest absolute Gasteiger partial charge is 0.497 e. The Kier molecular flexibility index (Phi) is 5.35. The first kappa shape index (κ1) is 18.6. The number of carbonyl (C=O) groups is 1. The highest BCUT2D eigenvalue weighted by molar-refractivity contribution is 6.09. The molecule has 1 aliphatic rings. The fraction of sp³-hybridized carbons (Fsp3) is 0.348. The van der Waals surface area contributed by atoms with E-state index in [2.05, 4.69) is 39.9 Å². The van der Waals surface area contributed by atoms with Crippen LogP contribution in [-0.4, -0.2) is 55.5 Å². The fourth-order valence-electron chi connectivity index (χ4n) is 4.00. The summed E-state index contributed by atoms with van der Waals surface area (Å²) < 4.78 is 5.33. The van der Waals surface area contributed by atoms with Gasteiger partial charge in [-0.3, -0.25) is 9.69 Å². The number of nitrogens with one attached hydrogen (secondary N) is 1. The molecule has 0 saturated carbocycles. The Bertz CT molecular complexity index is 971. The molecule has 4 rings (SSSR count). The van der Waals surface area contributed by atoms with Crippen LogP contribution in [0.3, 0.4) is 0 Å². The molecule has 2 heterocycles. The van der Waals surface area contributed by atoms with Crippen LogP contribution in [0.15, 0.2) is 48.7 Å². The molecule has 1 N–H and O–H groups in total. The highest BCUT2D eigenvalue weighted by Gasteiger charge is 2.21. The average Bonchev–Trinajstić information content (AvgIpc) is 3.19. The first-order valence-corrected chi connectivity index (χ1v) is 9.93. The third-order valence-electron chi connectivity index (χ3n) is 5.64. The fourth-order valence-corrected chi connectivity index (χ4v) is 4.00. The van der Waals surface area contributed by atoms with E-state index in [0.29, 0.717) is 6.54 Å². The number of Topliss-reactive ketones (excluding diaryl/α,β-unsaturated/α-hetero) is 1. The van der Waals surface area contributed by atoms with E-state index >= 15 is 0 Å². The van der Waals surface area contributed by atoms with Gasteiger partial charge in [-0.15, -0.1) is 0 Å². The molecule has 5 nitrogen and oxygen atoms in total. The van der Waals surface area contributed by atoms with Gasteiger partial charge in [0.2, 0.25) is 0 Å². The molecule has 0 amide bonds. The van der Waals surface area contributed by atoms with Gasteiger partial charge < -0.3 is 14.6 Å². The van der Waals surface area contributed by atoms with E-state index in [1.165, 1.54) is 11.3 Å². The molecule has 0 radical (unpaired) electrons. The smallest absolute Gasteiger partial charge is 0.178 e. The normalized spacial score (nSPS) is 15.1. The molecule has 1 saturated heterocycles. The van der Waals surface area contributed by atoms with Crippen LogP contribution in [-0.2, 0) is 6.42 Å². The minimum Gasteiger partial charge on any atom is -0.497 e. The maximum Gasteiger partial charge on any atom is 0.178 e. The number of carbonyl (C=O) groups excluding carboxylic acids is 1. The Hall–Kier alpha value is -2.79. The third kappa shape index (κ3) is 3.62. The lowest BCUT2D eigenvalue weighted by molar-refractivity contribution is 0.0928. The van der Waals surface area contributed by atoms with Gasteiger partial charge in [-0.25, -0.2) is 0 Å². The molecular formula is C23H27N3O2. The van der Waals surface area contributed by atoms with Crippen molar-refractivity contribution in [3.05, 3.63) is 59.8 Å². The maximum absolute atomic E-state index is 12.9. The van der Waals surface area contributed by atoms with Crippen molar-refractivity contribution in [2.24, 2.45) is 0 Å². The van der Waals surface area contributed by atoms with E-state index in [4.69, 9.17) is 4.74 Å². The molecule has 0 atom stereocenters. The summed E-state index contributed by atoms with van der Waals surface area (Å²) in [5.74, 6) is 1.07. The molecule has 1 aromatic heterocycles. The quantitative estimate of drug-likeness (QED) is 0.665. The number of aromatic nitrogens is 1. The number of ketones is 1. The number of para-hydroxylation sites is 1. The van der Waals surface area contributed by atoms with Gasteiger partial charge in [0.25, 0.3) is 0 Å². The minimum absolute atomic E-state index is 0.189. The van der Waals surface area contributed by atoms with Gasteiger partial charge in [-0.1, -0.05) is 31.2 Å². The Morgan fingerprint density at radius 2 is 1.89 bits per heavy atom. The van der Waals surface area contributed by atoms with Gasteiger partial charge in [0, 0.05) is 60.6 Å². The van der Waals surface area contributed by atoms with Crippen LogP contribution in [0.2, 0.25) is 0 Å². The lowest BCUT2D eigenvalue weighted by atomic mass is 10.0. The van der Waals surface area contributed by atoms with Crippen LogP contribution in [0.25, 0.3) is 10.9 Å². The SMILES string of the molecule is CCc1cccc2c(C(=O)CN3CCN(c4cccc(OC)c4)CC3)c[nH]c12. The van der Waals surface area contributed by atoms with Crippen LogP contribution >= 0.6 is 0 Å². The van der Waals surface area contributed by atoms with Gasteiger partial charge in [-0.05, 0) is 24.1 Å². The van der Waals surface area contributed by atoms with Gasteiger partial charge in [-0.2, -0.15) is 0 Å². The highest BCUT2D eigenvalue weighted by atomic mass is 16.5. The number of aryl methyl sites for hydroxylation is 1. The van der Waals surface area contributed by atoms with E-state index < -0.39 is 0 Å².